The van der Waals surface area contributed by atoms with E-state index in [1.54, 1.807) is 0 Å². The van der Waals surface area contributed by atoms with Crippen LogP contribution >= 0.6 is 0 Å². The van der Waals surface area contributed by atoms with E-state index in [1.165, 1.54) is 37.1 Å². The third-order valence-electron chi connectivity index (χ3n) is 4.17. The van der Waals surface area contributed by atoms with Crippen LogP contribution in [0.4, 0.5) is 0 Å². The lowest BCUT2D eigenvalue weighted by Crippen LogP contribution is -2.37. The van der Waals surface area contributed by atoms with Crippen LogP contribution in [0.3, 0.4) is 0 Å². The van der Waals surface area contributed by atoms with Crippen LogP contribution < -0.4 is 5.73 Å². The topological polar surface area (TPSA) is 29.3 Å². The molecule has 0 radical (unpaired) electrons. The Morgan fingerprint density at radius 1 is 1.29 bits per heavy atom. The lowest BCUT2D eigenvalue weighted by molar-refractivity contribution is 0.143. The molecule has 1 aromatic carbocycles. The first-order valence-electron chi connectivity index (χ1n) is 6.72. The molecule has 2 rings (SSSR count). The molecule has 2 heteroatoms. The molecule has 94 valence electrons. The van der Waals surface area contributed by atoms with Gasteiger partial charge < -0.3 is 5.73 Å². The minimum atomic E-state index is 0.537. The van der Waals surface area contributed by atoms with Crippen LogP contribution in [0.15, 0.2) is 24.3 Å². The zero-order valence-corrected chi connectivity index (χ0v) is 11.0. The van der Waals surface area contributed by atoms with E-state index in [9.17, 15) is 0 Å². The molecule has 0 bridgehead atoms. The molecule has 1 aromatic rings. The summed E-state index contributed by atoms with van der Waals surface area (Å²) in [7, 11) is 0. The predicted octanol–water partition coefficient (Wildman–Crippen LogP) is 2.73. The third kappa shape index (κ3) is 2.88. The quantitative estimate of drug-likeness (QED) is 0.868. The molecule has 0 spiro atoms. The van der Waals surface area contributed by atoms with E-state index < -0.39 is 0 Å². The van der Waals surface area contributed by atoms with Crippen molar-refractivity contribution in [3.05, 3.63) is 35.4 Å². The number of benzene rings is 1. The van der Waals surface area contributed by atoms with E-state index in [4.69, 9.17) is 5.73 Å². The Hall–Kier alpha value is -0.860. The van der Waals surface area contributed by atoms with E-state index in [0.29, 0.717) is 6.04 Å². The number of rotatable bonds is 3. The highest BCUT2D eigenvalue weighted by atomic mass is 15.2. The molecule has 1 aliphatic heterocycles. The number of nitrogens with two attached hydrogens (primary N) is 1. The maximum atomic E-state index is 5.74. The standard InChI is InChI=1S/C15H24N2/c1-12-5-3-4-6-15(12)13(2)17-9-7-14(11-16)8-10-17/h3-6,13-14H,7-11,16H2,1-2H3. The second-order valence-corrected chi connectivity index (χ2v) is 5.25. The molecule has 1 heterocycles. The van der Waals surface area contributed by atoms with Crippen molar-refractivity contribution < 1.29 is 0 Å². The molecule has 0 amide bonds. The molecular weight excluding hydrogens is 208 g/mol. The first-order valence-corrected chi connectivity index (χ1v) is 6.72. The molecule has 2 N–H and O–H groups in total. The number of likely N-dealkylation sites (tertiary alicyclic amines) is 1. The molecule has 1 fully saturated rings. The maximum absolute atomic E-state index is 5.74. The van der Waals surface area contributed by atoms with Crippen LogP contribution in [-0.2, 0) is 0 Å². The lowest BCUT2D eigenvalue weighted by atomic mass is 9.94. The fourth-order valence-electron chi connectivity index (χ4n) is 2.83. The minimum Gasteiger partial charge on any atom is -0.330 e. The summed E-state index contributed by atoms with van der Waals surface area (Å²) in [6.07, 6.45) is 2.51. The van der Waals surface area contributed by atoms with Gasteiger partial charge in [-0.15, -0.1) is 0 Å². The van der Waals surface area contributed by atoms with Crippen LogP contribution in [-0.4, -0.2) is 24.5 Å². The van der Waals surface area contributed by atoms with Gasteiger partial charge in [0.05, 0.1) is 0 Å². The van der Waals surface area contributed by atoms with Crippen molar-refractivity contribution >= 4 is 0 Å². The molecule has 1 aliphatic rings. The molecule has 1 saturated heterocycles. The smallest absolute Gasteiger partial charge is 0.0322 e. The highest BCUT2D eigenvalue weighted by Gasteiger charge is 2.23. The summed E-state index contributed by atoms with van der Waals surface area (Å²) in [5.74, 6) is 0.746. The summed E-state index contributed by atoms with van der Waals surface area (Å²) in [6.45, 7) is 7.77. The maximum Gasteiger partial charge on any atom is 0.0322 e. The molecule has 17 heavy (non-hydrogen) atoms. The van der Waals surface area contributed by atoms with E-state index in [1.807, 2.05) is 0 Å². The van der Waals surface area contributed by atoms with Crippen molar-refractivity contribution in [2.45, 2.75) is 32.7 Å². The van der Waals surface area contributed by atoms with Gasteiger partial charge in [0.2, 0.25) is 0 Å². The average molecular weight is 232 g/mol. The second kappa shape index (κ2) is 5.65. The summed E-state index contributed by atoms with van der Waals surface area (Å²) in [4.78, 5) is 2.59. The Bertz CT molecular complexity index is 354. The van der Waals surface area contributed by atoms with Crippen LogP contribution in [0, 0.1) is 12.8 Å². The number of hydrogen-bond donors (Lipinski definition) is 1. The van der Waals surface area contributed by atoms with E-state index >= 15 is 0 Å². The Morgan fingerprint density at radius 3 is 2.53 bits per heavy atom. The summed E-state index contributed by atoms with van der Waals surface area (Å²) < 4.78 is 0. The van der Waals surface area contributed by atoms with E-state index in [0.717, 1.165) is 12.5 Å². The third-order valence-corrected chi connectivity index (χ3v) is 4.17. The molecule has 0 saturated carbocycles. The van der Waals surface area contributed by atoms with Gasteiger partial charge in [-0.05, 0) is 63.4 Å². The number of hydrogen-bond acceptors (Lipinski definition) is 2. The van der Waals surface area contributed by atoms with Crippen LogP contribution in [0.2, 0.25) is 0 Å². The Kier molecular flexibility index (Phi) is 4.19. The zero-order chi connectivity index (χ0) is 12.3. The first kappa shape index (κ1) is 12.6. The molecular formula is C15H24N2. The van der Waals surface area contributed by atoms with Crippen LogP contribution in [0.1, 0.15) is 36.9 Å². The molecule has 0 aromatic heterocycles. The monoisotopic (exact) mass is 232 g/mol. The summed E-state index contributed by atoms with van der Waals surface area (Å²) in [6, 6.07) is 9.26. The molecule has 2 nitrogen and oxygen atoms in total. The molecule has 0 aliphatic carbocycles. The lowest BCUT2D eigenvalue weighted by Gasteiger charge is -2.36. The summed E-state index contributed by atoms with van der Waals surface area (Å²) in [5, 5.41) is 0. The second-order valence-electron chi connectivity index (χ2n) is 5.25. The number of piperidine rings is 1. The fourth-order valence-corrected chi connectivity index (χ4v) is 2.83. The number of nitrogens with zero attached hydrogens (tertiary/aromatic N) is 1. The highest BCUT2D eigenvalue weighted by molar-refractivity contribution is 5.28. The van der Waals surface area contributed by atoms with Crippen molar-refractivity contribution in [2.75, 3.05) is 19.6 Å². The van der Waals surface area contributed by atoms with Gasteiger partial charge in [0, 0.05) is 6.04 Å². The summed E-state index contributed by atoms with van der Waals surface area (Å²) in [5.41, 5.74) is 8.62. The zero-order valence-electron chi connectivity index (χ0n) is 11.0. The van der Waals surface area contributed by atoms with Gasteiger partial charge in [-0.3, -0.25) is 4.90 Å². The largest absolute Gasteiger partial charge is 0.330 e. The summed E-state index contributed by atoms with van der Waals surface area (Å²) >= 11 is 0. The van der Waals surface area contributed by atoms with Crippen molar-refractivity contribution in [3.63, 3.8) is 0 Å². The predicted molar refractivity (Wildman–Crippen MR) is 72.9 cm³/mol. The highest BCUT2D eigenvalue weighted by Crippen LogP contribution is 2.27. The molecule has 1 atom stereocenters. The van der Waals surface area contributed by atoms with E-state index in [-0.39, 0.29) is 0 Å². The van der Waals surface area contributed by atoms with Gasteiger partial charge in [0.25, 0.3) is 0 Å². The minimum absolute atomic E-state index is 0.537. The van der Waals surface area contributed by atoms with Gasteiger partial charge in [0.1, 0.15) is 0 Å². The Morgan fingerprint density at radius 2 is 1.94 bits per heavy atom. The molecule has 1 unspecified atom stereocenters. The number of aryl methyl sites for hydroxylation is 1. The van der Waals surface area contributed by atoms with Crippen LogP contribution in [0.5, 0.6) is 0 Å². The first-order chi connectivity index (χ1) is 8.22. The van der Waals surface area contributed by atoms with Gasteiger partial charge in [-0.25, -0.2) is 0 Å². The van der Waals surface area contributed by atoms with Gasteiger partial charge in [-0.1, -0.05) is 24.3 Å². The van der Waals surface area contributed by atoms with Gasteiger partial charge in [-0.2, -0.15) is 0 Å². The van der Waals surface area contributed by atoms with Crippen molar-refractivity contribution in [3.8, 4) is 0 Å². The van der Waals surface area contributed by atoms with Crippen molar-refractivity contribution in [1.29, 1.82) is 0 Å². The van der Waals surface area contributed by atoms with Crippen molar-refractivity contribution in [1.82, 2.24) is 4.90 Å². The fraction of sp³-hybridized carbons (Fsp3) is 0.600. The normalized spacial score (nSPS) is 20.4. The van der Waals surface area contributed by atoms with Crippen LogP contribution in [0.25, 0.3) is 0 Å². The van der Waals surface area contributed by atoms with Gasteiger partial charge >= 0.3 is 0 Å². The SMILES string of the molecule is Cc1ccccc1C(C)N1CCC(CN)CC1. The average Bonchev–Trinajstić information content (AvgIpc) is 2.39. The van der Waals surface area contributed by atoms with E-state index in [2.05, 4.69) is 43.0 Å². The van der Waals surface area contributed by atoms with Gasteiger partial charge in [0.15, 0.2) is 0 Å². The Labute approximate surface area is 105 Å². The Balaban J connectivity index is 2.02. The van der Waals surface area contributed by atoms with Crippen molar-refractivity contribution in [2.24, 2.45) is 11.7 Å².